The summed E-state index contributed by atoms with van der Waals surface area (Å²) in [6.45, 7) is -3.05. The zero-order valence-corrected chi connectivity index (χ0v) is 16.1. The molecule has 0 aromatic heterocycles. The Balaban J connectivity index is 1.76. The van der Waals surface area contributed by atoms with Gasteiger partial charge in [0.15, 0.2) is 18.1 Å². The minimum absolute atomic E-state index is 0.0757. The fourth-order valence-corrected chi connectivity index (χ4v) is 2.82. The molecule has 0 bridgehead atoms. The van der Waals surface area contributed by atoms with E-state index in [0.29, 0.717) is 18.5 Å². The number of carbonyl (C=O) groups is 3. The molecule has 8 nitrogen and oxygen atoms in total. The number of esters is 1. The van der Waals surface area contributed by atoms with Gasteiger partial charge in [-0.15, -0.1) is 0 Å². The van der Waals surface area contributed by atoms with Crippen molar-refractivity contribution in [1.82, 2.24) is 10.2 Å². The number of ether oxygens (including phenoxy) is 3. The highest BCUT2D eigenvalue weighted by Gasteiger charge is 2.20. The van der Waals surface area contributed by atoms with Crippen LogP contribution in [0.25, 0.3) is 0 Å². The van der Waals surface area contributed by atoms with Crippen molar-refractivity contribution < 1.29 is 37.4 Å². The molecule has 10 heteroatoms. The summed E-state index contributed by atoms with van der Waals surface area (Å²) in [4.78, 5) is 37.1. The Kier molecular flexibility index (Phi) is 8.63. The van der Waals surface area contributed by atoms with Crippen LogP contribution < -0.4 is 14.8 Å². The highest BCUT2D eigenvalue weighted by Crippen LogP contribution is 2.29. The molecule has 1 saturated heterocycles. The van der Waals surface area contributed by atoms with Crippen LogP contribution in [0.3, 0.4) is 0 Å². The molecule has 1 N–H and O–H groups in total. The smallest absolute Gasteiger partial charge is 0.387 e. The number of nitrogens with zero attached hydrogens (tertiary/aromatic N) is 1. The Morgan fingerprint density at radius 1 is 1.21 bits per heavy atom. The molecule has 0 spiro atoms. The van der Waals surface area contributed by atoms with Crippen molar-refractivity contribution in [1.29, 1.82) is 0 Å². The summed E-state index contributed by atoms with van der Waals surface area (Å²) in [6.07, 6.45) is 3.01. The van der Waals surface area contributed by atoms with E-state index in [9.17, 15) is 23.2 Å². The molecule has 1 aromatic carbocycles. The van der Waals surface area contributed by atoms with E-state index in [4.69, 9.17) is 9.47 Å². The summed E-state index contributed by atoms with van der Waals surface area (Å²) < 4.78 is 38.9. The van der Waals surface area contributed by atoms with E-state index < -0.39 is 25.1 Å². The predicted molar refractivity (Wildman–Crippen MR) is 97.5 cm³/mol. The molecule has 0 unspecified atom stereocenters. The molecule has 2 rings (SSSR count). The van der Waals surface area contributed by atoms with E-state index in [0.717, 1.165) is 19.3 Å². The van der Waals surface area contributed by atoms with Gasteiger partial charge >= 0.3 is 12.6 Å². The number of halogens is 2. The van der Waals surface area contributed by atoms with Gasteiger partial charge in [-0.05, 0) is 30.5 Å². The van der Waals surface area contributed by atoms with Gasteiger partial charge in [-0.25, -0.2) is 0 Å². The second-order valence-corrected chi connectivity index (χ2v) is 6.43. The van der Waals surface area contributed by atoms with Gasteiger partial charge in [-0.1, -0.05) is 12.5 Å². The van der Waals surface area contributed by atoms with E-state index in [2.05, 4.69) is 10.1 Å². The van der Waals surface area contributed by atoms with Crippen LogP contribution in [0.2, 0.25) is 0 Å². The molecule has 0 atom stereocenters. The normalized spacial score (nSPS) is 14.3. The highest BCUT2D eigenvalue weighted by atomic mass is 19.3. The standard InChI is InChI=1S/C19H24F2N2O6/c1-27-15-9-13(6-7-14(15)29-19(20)21)10-22-16(24)12-28-18(26)11-23-8-4-2-3-5-17(23)25/h6-7,9,19H,2-5,8,10-12H2,1H3,(H,22,24). The van der Waals surface area contributed by atoms with Crippen LogP contribution in [-0.2, 0) is 25.7 Å². The monoisotopic (exact) mass is 414 g/mol. The molecular weight excluding hydrogens is 390 g/mol. The molecule has 1 aliphatic rings. The van der Waals surface area contributed by atoms with Gasteiger partial charge in [-0.3, -0.25) is 14.4 Å². The Labute approximate surface area is 167 Å². The number of rotatable bonds is 9. The number of alkyl halides is 2. The van der Waals surface area contributed by atoms with Crippen molar-refractivity contribution in [2.24, 2.45) is 0 Å². The van der Waals surface area contributed by atoms with Gasteiger partial charge in [0.2, 0.25) is 5.91 Å². The van der Waals surface area contributed by atoms with Crippen molar-refractivity contribution >= 4 is 17.8 Å². The van der Waals surface area contributed by atoms with Crippen LogP contribution >= 0.6 is 0 Å². The van der Waals surface area contributed by atoms with E-state index in [1.165, 1.54) is 30.2 Å². The molecule has 160 valence electrons. The largest absolute Gasteiger partial charge is 0.493 e. The molecule has 1 fully saturated rings. The molecule has 0 radical (unpaired) electrons. The number of methoxy groups -OCH3 is 1. The Morgan fingerprint density at radius 2 is 2.00 bits per heavy atom. The summed E-state index contributed by atoms with van der Waals surface area (Å²) in [5.41, 5.74) is 0.582. The first-order valence-electron chi connectivity index (χ1n) is 9.21. The summed E-state index contributed by atoms with van der Waals surface area (Å²) in [5, 5.41) is 2.55. The van der Waals surface area contributed by atoms with E-state index in [-0.39, 0.29) is 30.5 Å². The minimum Gasteiger partial charge on any atom is -0.493 e. The van der Waals surface area contributed by atoms with Gasteiger partial charge in [0, 0.05) is 19.5 Å². The van der Waals surface area contributed by atoms with Crippen molar-refractivity contribution in [3.63, 3.8) is 0 Å². The number of likely N-dealkylation sites (tertiary alicyclic amines) is 1. The van der Waals surface area contributed by atoms with Crippen LogP contribution in [0.15, 0.2) is 18.2 Å². The van der Waals surface area contributed by atoms with Crippen LogP contribution in [0.4, 0.5) is 8.78 Å². The third kappa shape index (κ3) is 7.55. The SMILES string of the molecule is COc1cc(CNC(=O)COC(=O)CN2CCCCCC2=O)ccc1OC(F)F. The first-order chi connectivity index (χ1) is 13.9. The molecule has 2 amide bonds. The molecule has 1 heterocycles. The van der Waals surface area contributed by atoms with Crippen LogP contribution in [0.5, 0.6) is 11.5 Å². The Bertz CT molecular complexity index is 729. The number of amides is 2. The first-order valence-corrected chi connectivity index (χ1v) is 9.21. The van der Waals surface area contributed by atoms with E-state index in [1.54, 1.807) is 0 Å². The maximum absolute atomic E-state index is 12.3. The Hall–Kier alpha value is -2.91. The second-order valence-electron chi connectivity index (χ2n) is 6.43. The minimum atomic E-state index is -2.98. The summed E-state index contributed by atoms with van der Waals surface area (Å²) >= 11 is 0. The number of nitrogens with one attached hydrogen (secondary N) is 1. The van der Waals surface area contributed by atoms with Gasteiger partial charge in [0.25, 0.3) is 5.91 Å². The Morgan fingerprint density at radius 3 is 2.72 bits per heavy atom. The van der Waals surface area contributed by atoms with Crippen molar-refractivity contribution in [3.8, 4) is 11.5 Å². The third-order valence-corrected chi connectivity index (χ3v) is 4.29. The zero-order valence-electron chi connectivity index (χ0n) is 16.1. The molecular formula is C19H24F2N2O6. The van der Waals surface area contributed by atoms with Crippen LogP contribution in [0.1, 0.15) is 31.2 Å². The second kappa shape index (κ2) is 11.2. The van der Waals surface area contributed by atoms with Crippen LogP contribution in [0, 0.1) is 0 Å². The van der Waals surface area contributed by atoms with Gasteiger partial charge < -0.3 is 24.4 Å². The lowest BCUT2D eigenvalue weighted by atomic mass is 10.2. The highest BCUT2D eigenvalue weighted by molar-refractivity contribution is 5.84. The van der Waals surface area contributed by atoms with Gasteiger partial charge in [0.05, 0.1) is 7.11 Å². The molecule has 0 saturated carbocycles. The fraction of sp³-hybridized carbons (Fsp3) is 0.526. The molecule has 29 heavy (non-hydrogen) atoms. The quantitative estimate of drug-likeness (QED) is 0.620. The van der Waals surface area contributed by atoms with Gasteiger partial charge in [-0.2, -0.15) is 8.78 Å². The van der Waals surface area contributed by atoms with Crippen molar-refractivity contribution in [2.45, 2.75) is 38.8 Å². The number of hydrogen-bond acceptors (Lipinski definition) is 6. The molecule has 1 aliphatic heterocycles. The summed E-state index contributed by atoms with van der Waals surface area (Å²) in [6, 6.07) is 4.26. The number of benzene rings is 1. The lowest BCUT2D eigenvalue weighted by molar-refractivity contribution is -0.152. The maximum Gasteiger partial charge on any atom is 0.387 e. The zero-order chi connectivity index (χ0) is 21.2. The lowest BCUT2D eigenvalue weighted by Gasteiger charge is -2.19. The third-order valence-electron chi connectivity index (χ3n) is 4.29. The van der Waals surface area contributed by atoms with Crippen molar-refractivity contribution in [2.75, 3.05) is 26.8 Å². The van der Waals surface area contributed by atoms with Crippen molar-refractivity contribution in [3.05, 3.63) is 23.8 Å². The van der Waals surface area contributed by atoms with E-state index >= 15 is 0 Å². The number of hydrogen-bond donors (Lipinski definition) is 1. The average molecular weight is 414 g/mol. The average Bonchev–Trinajstić information content (AvgIpc) is 2.89. The summed E-state index contributed by atoms with van der Waals surface area (Å²) in [5.74, 6) is -1.28. The number of carbonyl (C=O) groups excluding carboxylic acids is 3. The van der Waals surface area contributed by atoms with Gasteiger partial charge in [0.1, 0.15) is 6.54 Å². The first kappa shape index (κ1) is 22.4. The predicted octanol–water partition coefficient (Wildman–Crippen LogP) is 1.86. The fourth-order valence-electron chi connectivity index (χ4n) is 2.82. The lowest BCUT2D eigenvalue weighted by Crippen LogP contribution is -2.37. The van der Waals surface area contributed by atoms with Crippen LogP contribution in [-0.4, -0.2) is 56.1 Å². The maximum atomic E-state index is 12.3. The van der Waals surface area contributed by atoms with E-state index in [1.807, 2.05) is 0 Å². The topological polar surface area (TPSA) is 94.2 Å². The summed E-state index contributed by atoms with van der Waals surface area (Å²) in [7, 11) is 1.31. The molecule has 0 aliphatic carbocycles. The molecule has 1 aromatic rings.